The van der Waals surface area contributed by atoms with E-state index in [1.165, 1.54) is 29.8 Å². The van der Waals surface area contributed by atoms with Crippen LogP contribution in [0.4, 0.5) is 28.9 Å². The van der Waals surface area contributed by atoms with Crippen LogP contribution in [0.1, 0.15) is 56.1 Å². The normalized spacial score (nSPS) is 17.6. The van der Waals surface area contributed by atoms with Crippen molar-refractivity contribution < 1.29 is 31.7 Å². The molecule has 0 aromatic carbocycles. The Hall–Kier alpha value is -4.80. The number of nitrogens with one attached hydrogen (secondary N) is 3. The zero-order chi connectivity index (χ0) is 34.3. The summed E-state index contributed by atoms with van der Waals surface area (Å²) in [7, 11) is 1.80. The van der Waals surface area contributed by atoms with Gasteiger partial charge in [0.1, 0.15) is 11.9 Å². The third kappa shape index (κ3) is 7.78. The summed E-state index contributed by atoms with van der Waals surface area (Å²) in [4.78, 5) is 35.7. The van der Waals surface area contributed by atoms with E-state index in [0.29, 0.717) is 18.5 Å². The quantitative estimate of drug-likeness (QED) is 0.176. The van der Waals surface area contributed by atoms with Gasteiger partial charge < -0.3 is 25.4 Å². The van der Waals surface area contributed by atoms with Crippen molar-refractivity contribution in [1.82, 2.24) is 39.5 Å². The van der Waals surface area contributed by atoms with Gasteiger partial charge in [0.15, 0.2) is 5.65 Å². The molecule has 1 aliphatic rings. The number of amides is 2. The Morgan fingerprint density at radius 3 is 2.55 bits per heavy atom. The van der Waals surface area contributed by atoms with Crippen LogP contribution in [-0.2, 0) is 23.3 Å². The summed E-state index contributed by atoms with van der Waals surface area (Å²) >= 11 is 0. The first-order chi connectivity index (χ1) is 22.0. The number of halogens is 4. The van der Waals surface area contributed by atoms with E-state index in [-0.39, 0.29) is 64.3 Å². The minimum atomic E-state index is -4.68. The van der Waals surface area contributed by atoms with Gasteiger partial charge in [-0.25, -0.2) is 9.37 Å². The molecule has 252 valence electrons. The molecule has 2 amide bonds. The molecule has 1 fully saturated rings. The Kier molecular flexibility index (Phi) is 9.12. The van der Waals surface area contributed by atoms with Crippen molar-refractivity contribution in [3.05, 3.63) is 54.0 Å². The molecule has 4 aromatic rings. The number of piperidine rings is 1. The summed E-state index contributed by atoms with van der Waals surface area (Å²) in [5.41, 5.74) is -0.0747. The maximum Gasteiger partial charge on any atom is 0.394 e. The molecule has 1 aliphatic heterocycles. The molecule has 0 radical (unpaired) electrons. The lowest BCUT2D eigenvalue weighted by Crippen LogP contribution is -2.46. The average molecular weight is 661 g/mol. The molecule has 47 heavy (non-hydrogen) atoms. The number of carbonyl (C=O) groups is 2. The number of carbonyl (C=O) groups excluding carboxylic acids is 2. The number of alkyl halides is 4. The highest BCUT2D eigenvalue weighted by Gasteiger charge is 2.34. The molecule has 0 saturated carbocycles. The van der Waals surface area contributed by atoms with Crippen molar-refractivity contribution in [2.24, 2.45) is 0 Å². The largest absolute Gasteiger partial charge is 0.394 e. The molecule has 5 rings (SSSR count). The first-order valence-corrected chi connectivity index (χ1v) is 14.8. The second kappa shape index (κ2) is 12.8. The lowest BCUT2D eigenvalue weighted by molar-refractivity contribution is -0.127. The summed E-state index contributed by atoms with van der Waals surface area (Å²) in [6.45, 7) is 11.4. The molecule has 0 unspecified atom stereocenters. The van der Waals surface area contributed by atoms with Crippen molar-refractivity contribution in [3.8, 4) is 11.5 Å². The number of hydrogen-bond donors (Lipinski definition) is 3. The lowest BCUT2D eigenvalue weighted by Gasteiger charge is -2.33. The van der Waals surface area contributed by atoms with E-state index in [4.69, 9.17) is 4.52 Å². The Bertz CT molecular complexity index is 1800. The van der Waals surface area contributed by atoms with Crippen molar-refractivity contribution >= 4 is 28.8 Å². The smallest absolute Gasteiger partial charge is 0.376 e. The number of anilines is 2. The molecule has 4 aromatic heterocycles. The highest BCUT2D eigenvalue weighted by atomic mass is 19.4. The standard InChI is InChI=1S/C30H36F4N10O3/c1-16(2)27(45)37-18-9-21(38-20-7-8-42(6)15-19(20)31)26-40-24(22(43(26)14-18)10-30(32,33)34)25-39-23(47-41-25)12-35-28(46)17-11-36-44(13-17)29(3,4)5/h9,11,13-14,19-20,38H,1,7-8,10,12,15H2,2-6H3,(H,35,46)(H,37,45)/t19-,20+/m0/s1. The summed E-state index contributed by atoms with van der Waals surface area (Å²) < 4.78 is 65.0. The van der Waals surface area contributed by atoms with Gasteiger partial charge in [-0.3, -0.25) is 18.7 Å². The number of likely N-dealkylation sites (tertiary alicyclic amines) is 1. The molecule has 2 atom stereocenters. The topological polar surface area (TPSA) is 148 Å². The van der Waals surface area contributed by atoms with Gasteiger partial charge in [-0.1, -0.05) is 11.7 Å². The highest BCUT2D eigenvalue weighted by Crippen LogP contribution is 2.34. The van der Waals surface area contributed by atoms with Crippen LogP contribution in [-0.4, -0.2) is 84.5 Å². The van der Waals surface area contributed by atoms with Crippen LogP contribution in [0, 0.1) is 0 Å². The number of hydrogen-bond acceptors (Lipinski definition) is 9. The summed E-state index contributed by atoms with van der Waals surface area (Å²) in [5.74, 6) is -1.35. The molecule has 3 N–H and O–H groups in total. The van der Waals surface area contributed by atoms with Crippen LogP contribution in [0.15, 0.2) is 41.3 Å². The zero-order valence-electron chi connectivity index (χ0n) is 26.6. The van der Waals surface area contributed by atoms with Crippen molar-refractivity contribution in [1.29, 1.82) is 0 Å². The Morgan fingerprint density at radius 2 is 1.91 bits per heavy atom. The molecule has 17 heteroatoms. The Balaban J connectivity index is 1.50. The molecule has 0 spiro atoms. The number of fused-ring (bicyclic) bond motifs is 1. The Morgan fingerprint density at radius 1 is 1.17 bits per heavy atom. The molecule has 5 heterocycles. The Labute approximate surface area is 267 Å². The van der Waals surface area contributed by atoms with Crippen molar-refractivity contribution in [2.75, 3.05) is 30.8 Å². The van der Waals surface area contributed by atoms with Crippen LogP contribution in [0.5, 0.6) is 0 Å². The third-order valence-corrected chi connectivity index (χ3v) is 7.53. The molecule has 0 aliphatic carbocycles. The van der Waals surface area contributed by atoms with E-state index in [9.17, 15) is 22.8 Å². The molecule has 1 saturated heterocycles. The summed E-state index contributed by atoms with van der Waals surface area (Å²) in [6.07, 6.45) is -2.67. The van der Waals surface area contributed by atoms with Gasteiger partial charge in [0.05, 0.1) is 53.4 Å². The fraction of sp³-hybridized carbons (Fsp3) is 0.467. The van der Waals surface area contributed by atoms with E-state index in [0.717, 1.165) is 0 Å². The van der Waals surface area contributed by atoms with E-state index in [1.54, 1.807) is 17.9 Å². The van der Waals surface area contributed by atoms with Gasteiger partial charge in [0.25, 0.3) is 11.8 Å². The minimum Gasteiger partial charge on any atom is -0.376 e. The van der Waals surface area contributed by atoms with E-state index >= 15 is 4.39 Å². The molecule has 0 bridgehead atoms. The zero-order valence-corrected chi connectivity index (χ0v) is 26.6. The van der Waals surface area contributed by atoms with Crippen LogP contribution < -0.4 is 16.0 Å². The predicted octanol–water partition coefficient (Wildman–Crippen LogP) is 4.34. The highest BCUT2D eigenvalue weighted by molar-refractivity contribution is 6.03. The number of imidazole rings is 1. The minimum absolute atomic E-state index is 0.0363. The van der Waals surface area contributed by atoms with Gasteiger partial charge in [-0.2, -0.15) is 23.3 Å². The van der Waals surface area contributed by atoms with Gasteiger partial charge in [0.2, 0.25) is 11.7 Å². The number of aromatic nitrogens is 6. The van der Waals surface area contributed by atoms with Crippen LogP contribution in [0.25, 0.3) is 17.2 Å². The SMILES string of the molecule is C=C(C)C(=O)Nc1cc(N[C@@H]2CCN(C)C[C@@H]2F)c2nc(-c3noc(CNC(=O)c4cnn(C(C)(C)C)c4)n3)c(CC(F)(F)F)n2c1. The van der Waals surface area contributed by atoms with Gasteiger partial charge >= 0.3 is 6.18 Å². The van der Waals surface area contributed by atoms with Crippen molar-refractivity contribution in [2.45, 2.75) is 71.0 Å². The van der Waals surface area contributed by atoms with E-state index in [2.05, 4.69) is 42.8 Å². The van der Waals surface area contributed by atoms with E-state index < -0.39 is 36.6 Å². The maximum atomic E-state index is 15.0. The molecular weight excluding hydrogens is 624 g/mol. The predicted molar refractivity (Wildman–Crippen MR) is 165 cm³/mol. The lowest BCUT2D eigenvalue weighted by atomic mass is 10.0. The summed E-state index contributed by atoms with van der Waals surface area (Å²) in [5, 5.41) is 16.4. The second-order valence-corrected chi connectivity index (χ2v) is 12.6. The third-order valence-electron chi connectivity index (χ3n) is 7.53. The fourth-order valence-electron chi connectivity index (χ4n) is 5.05. The number of rotatable bonds is 9. The van der Waals surface area contributed by atoms with Crippen LogP contribution >= 0.6 is 0 Å². The van der Waals surface area contributed by atoms with Crippen LogP contribution in [0.2, 0.25) is 0 Å². The van der Waals surface area contributed by atoms with Crippen LogP contribution in [0.3, 0.4) is 0 Å². The van der Waals surface area contributed by atoms with E-state index in [1.807, 2.05) is 25.7 Å². The maximum absolute atomic E-state index is 15.0. The van der Waals surface area contributed by atoms with Gasteiger partial charge in [-0.05, 0) is 47.2 Å². The average Bonchev–Trinajstić information content (AvgIpc) is 3.72. The van der Waals surface area contributed by atoms with Gasteiger partial charge in [-0.15, -0.1) is 0 Å². The molecule has 13 nitrogen and oxygen atoms in total. The number of nitrogens with zero attached hydrogens (tertiary/aromatic N) is 7. The fourth-order valence-corrected chi connectivity index (χ4v) is 5.05. The number of pyridine rings is 1. The monoisotopic (exact) mass is 660 g/mol. The summed E-state index contributed by atoms with van der Waals surface area (Å²) in [6, 6.07) is 0.818. The van der Waals surface area contributed by atoms with Gasteiger partial charge in [0, 0.05) is 31.1 Å². The first-order valence-electron chi connectivity index (χ1n) is 14.8. The van der Waals surface area contributed by atoms with Crippen molar-refractivity contribution in [3.63, 3.8) is 0 Å². The second-order valence-electron chi connectivity index (χ2n) is 12.6. The molecular formula is C30H36F4N10O3. The first kappa shape index (κ1) is 33.6.